The Kier molecular flexibility index (Phi) is 4.48. The fraction of sp³-hybridized carbons (Fsp3) is 0.375. The van der Waals surface area contributed by atoms with Crippen LogP contribution in [0.4, 0.5) is 23.0 Å². The molecule has 0 fully saturated rings. The first kappa shape index (κ1) is 17.8. The molecular weight excluding hydrogens is 309 g/mol. The maximum Gasteiger partial charge on any atom is 0.673 e. The van der Waals surface area contributed by atoms with Crippen molar-refractivity contribution in [2.45, 2.75) is 19.6 Å². The zero-order chi connectivity index (χ0) is 17.5. The summed E-state index contributed by atoms with van der Waals surface area (Å²) in [6.07, 6.45) is 0. The molecule has 1 aliphatic heterocycles. The average molecular weight is 329 g/mol. The largest absolute Gasteiger partial charge is 0.673 e. The van der Waals surface area contributed by atoms with E-state index in [9.17, 15) is 17.3 Å². The van der Waals surface area contributed by atoms with E-state index in [4.69, 9.17) is 4.74 Å². The molecule has 2 nitrogen and oxygen atoms in total. The van der Waals surface area contributed by atoms with E-state index in [1.807, 2.05) is 0 Å². The summed E-state index contributed by atoms with van der Waals surface area (Å²) in [5.74, 6) is 0. The molecule has 0 bridgehead atoms. The van der Waals surface area contributed by atoms with Gasteiger partial charge < -0.3 is 22.0 Å². The highest BCUT2D eigenvalue weighted by atomic mass is 19.5. The van der Waals surface area contributed by atoms with Gasteiger partial charge >= 0.3 is 7.25 Å². The van der Waals surface area contributed by atoms with Gasteiger partial charge in [-0.25, -0.2) is 0 Å². The van der Waals surface area contributed by atoms with Crippen molar-refractivity contribution in [1.82, 2.24) is 4.48 Å². The van der Waals surface area contributed by atoms with Gasteiger partial charge in [-0.2, -0.15) is 0 Å². The molecule has 0 saturated carbocycles. The first-order chi connectivity index (χ1) is 10.5. The molecule has 0 amide bonds. The van der Waals surface area contributed by atoms with Crippen LogP contribution in [0.25, 0.3) is 10.8 Å². The molecule has 0 spiro atoms. The third kappa shape index (κ3) is 3.08. The fourth-order valence-corrected chi connectivity index (χ4v) is 3.22. The zero-order valence-electron chi connectivity index (χ0n) is 13.6. The average Bonchev–Trinajstić information content (AvgIpc) is 2.59. The van der Waals surface area contributed by atoms with Crippen molar-refractivity contribution >= 4 is 23.7 Å². The van der Waals surface area contributed by atoms with Crippen molar-refractivity contribution in [3.05, 3.63) is 42.0 Å². The second-order valence-corrected chi connectivity index (χ2v) is 6.05. The number of quaternary nitrogens is 1. The van der Waals surface area contributed by atoms with Gasteiger partial charge in [0.1, 0.15) is 5.69 Å². The van der Waals surface area contributed by atoms with Gasteiger partial charge in [0, 0.05) is 6.92 Å². The smallest absolute Gasteiger partial charge is 0.418 e. The molecule has 1 aliphatic rings. The van der Waals surface area contributed by atoms with Crippen molar-refractivity contribution in [1.29, 1.82) is 0 Å². The van der Waals surface area contributed by atoms with Crippen molar-refractivity contribution in [3.63, 3.8) is 0 Å². The maximum absolute atomic E-state index is 9.75. The highest BCUT2D eigenvalue weighted by Gasteiger charge is 2.52. The lowest BCUT2D eigenvalue weighted by atomic mass is 10.0. The molecular formula is C16H20BF4NO. The molecule has 3 rings (SSSR count). The highest BCUT2D eigenvalue weighted by Crippen LogP contribution is 2.51. The Labute approximate surface area is 133 Å². The Morgan fingerprint density at radius 2 is 1.57 bits per heavy atom. The summed E-state index contributed by atoms with van der Waals surface area (Å²) in [5.41, 5.74) is 2.36. The summed E-state index contributed by atoms with van der Waals surface area (Å²) in [6.45, 7) is 4.99. The van der Waals surface area contributed by atoms with E-state index in [-0.39, 0.29) is 5.72 Å². The number of hydrogen-bond donors (Lipinski definition) is 0. The van der Waals surface area contributed by atoms with Gasteiger partial charge in [0.05, 0.1) is 31.7 Å². The lowest BCUT2D eigenvalue weighted by molar-refractivity contribution is -0.116. The monoisotopic (exact) mass is 329 g/mol. The summed E-state index contributed by atoms with van der Waals surface area (Å²) in [4.78, 5) is 0. The number of ether oxygens (including phenoxy) is 1. The lowest BCUT2D eigenvalue weighted by Gasteiger charge is -2.40. The second kappa shape index (κ2) is 5.80. The van der Waals surface area contributed by atoms with Gasteiger partial charge in [0.25, 0.3) is 0 Å². The predicted molar refractivity (Wildman–Crippen MR) is 86.8 cm³/mol. The van der Waals surface area contributed by atoms with Gasteiger partial charge in [-0.05, 0) is 24.4 Å². The fourth-order valence-electron chi connectivity index (χ4n) is 3.22. The normalized spacial score (nSPS) is 21.9. The number of nitrogens with zero attached hydrogens (tertiary/aromatic N) is 1. The van der Waals surface area contributed by atoms with Crippen molar-refractivity contribution < 1.29 is 22.0 Å². The molecule has 0 aromatic heterocycles. The molecule has 23 heavy (non-hydrogen) atoms. The van der Waals surface area contributed by atoms with Crippen LogP contribution >= 0.6 is 0 Å². The first-order valence-corrected chi connectivity index (χ1v) is 7.40. The van der Waals surface area contributed by atoms with Crippen LogP contribution in [0.2, 0.25) is 0 Å². The molecule has 126 valence electrons. The SMILES string of the molecule is CCOC1(C)c2cccc3cccc(c23)[N+]1(C)C.F[B-](F)(F)F. The van der Waals surface area contributed by atoms with Crippen LogP contribution < -0.4 is 4.48 Å². The topological polar surface area (TPSA) is 9.23 Å². The minimum absolute atomic E-state index is 0.294. The molecule has 0 radical (unpaired) electrons. The summed E-state index contributed by atoms with van der Waals surface area (Å²) in [6, 6.07) is 13.0. The highest BCUT2D eigenvalue weighted by molar-refractivity contribution is 6.50. The molecule has 2 aromatic carbocycles. The maximum atomic E-state index is 9.75. The predicted octanol–water partition coefficient (Wildman–Crippen LogP) is 4.93. The number of halogens is 4. The van der Waals surface area contributed by atoms with Crippen LogP contribution in [-0.2, 0) is 10.5 Å². The summed E-state index contributed by atoms with van der Waals surface area (Å²) < 4.78 is 45.9. The molecule has 0 N–H and O–H groups in total. The summed E-state index contributed by atoms with van der Waals surface area (Å²) in [5, 5.41) is 2.67. The summed E-state index contributed by atoms with van der Waals surface area (Å²) >= 11 is 0. The number of benzene rings is 2. The Hall–Kier alpha value is -1.60. The molecule has 0 aliphatic carbocycles. The van der Waals surface area contributed by atoms with E-state index in [1.165, 1.54) is 22.0 Å². The van der Waals surface area contributed by atoms with Crippen molar-refractivity contribution in [3.8, 4) is 0 Å². The van der Waals surface area contributed by atoms with Crippen molar-refractivity contribution in [2.24, 2.45) is 0 Å². The second-order valence-electron chi connectivity index (χ2n) is 6.05. The van der Waals surface area contributed by atoms with Crippen LogP contribution in [0.1, 0.15) is 19.4 Å². The quantitative estimate of drug-likeness (QED) is 0.431. The molecule has 1 heterocycles. The number of hydrogen-bond acceptors (Lipinski definition) is 1. The van der Waals surface area contributed by atoms with Crippen LogP contribution in [0.5, 0.6) is 0 Å². The Morgan fingerprint density at radius 1 is 1.04 bits per heavy atom. The molecule has 1 atom stereocenters. The van der Waals surface area contributed by atoms with Crippen LogP contribution in [0.3, 0.4) is 0 Å². The minimum atomic E-state index is -6.00. The van der Waals surface area contributed by atoms with E-state index in [0.717, 1.165) is 11.1 Å². The van der Waals surface area contributed by atoms with E-state index in [2.05, 4.69) is 64.3 Å². The van der Waals surface area contributed by atoms with Gasteiger partial charge in [-0.15, -0.1) is 0 Å². The van der Waals surface area contributed by atoms with Gasteiger partial charge in [0.15, 0.2) is 0 Å². The third-order valence-corrected chi connectivity index (χ3v) is 4.48. The van der Waals surface area contributed by atoms with Gasteiger partial charge in [-0.1, -0.05) is 24.3 Å². The van der Waals surface area contributed by atoms with Crippen LogP contribution in [-0.4, -0.2) is 28.0 Å². The summed E-state index contributed by atoms with van der Waals surface area (Å²) in [7, 11) is -1.55. The van der Waals surface area contributed by atoms with Crippen LogP contribution in [0.15, 0.2) is 36.4 Å². The van der Waals surface area contributed by atoms with E-state index >= 15 is 0 Å². The van der Waals surface area contributed by atoms with E-state index in [0.29, 0.717) is 0 Å². The van der Waals surface area contributed by atoms with Gasteiger partial charge in [-0.3, -0.25) is 4.48 Å². The Balaban J connectivity index is 0.000000338. The van der Waals surface area contributed by atoms with E-state index < -0.39 is 7.25 Å². The molecule has 7 heteroatoms. The first-order valence-electron chi connectivity index (χ1n) is 7.40. The molecule has 0 saturated heterocycles. The lowest BCUT2D eigenvalue weighted by Crippen LogP contribution is -2.55. The van der Waals surface area contributed by atoms with E-state index in [1.54, 1.807) is 0 Å². The number of rotatable bonds is 2. The Bertz CT molecular complexity index is 706. The van der Waals surface area contributed by atoms with Gasteiger partial charge in [0.2, 0.25) is 5.72 Å². The minimum Gasteiger partial charge on any atom is -0.418 e. The molecule has 1 unspecified atom stereocenters. The van der Waals surface area contributed by atoms with Crippen LogP contribution in [0, 0.1) is 0 Å². The zero-order valence-corrected chi connectivity index (χ0v) is 13.6. The standard InChI is InChI=1S/C16H20NO.BF4/c1-5-18-16(2)13-10-6-8-12-9-7-11-14(15(12)13)17(16,3)4;2-1(3,4)5/h6-11H,5H2,1-4H3;/q+1;-1. The Morgan fingerprint density at radius 3 is 2.09 bits per heavy atom. The third-order valence-electron chi connectivity index (χ3n) is 4.48. The molecule has 2 aromatic rings. The van der Waals surface area contributed by atoms with Crippen molar-refractivity contribution in [2.75, 3.05) is 20.7 Å².